The summed E-state index contributed by atoms with van der Waals surface area (Å²) in [5.41, 5.74) is 1.05. The Kier molecular flexibility index (Phi) is 4.95. The molecule has 2 fully saturated rings. The van der Waals surface area contributed by atoms with Crippen LogP contribution in [-0.4, -0.2) is 47.9 Å². The average Bonchev–Trinajstić information content (AvgIpc) is 2.54. The van der Waals surface area contributed by atoms with Crippen molar-refractivity contribution < 1.29 is 19.4 Å². The summed E-state index contributed by atoms with van der Waals surface area (Å²) in [5.74, 6) is -0.280. The van der Waals surface area contributed by atoms with Crippen molar-refractivity contribution in [1.82, 2.24) is 4.90 Å². The summed E-state index contributed by atoms with van der Waals surface area (Å²) in [4.78, 5) is 13.2. The Balaban J connectivity index is 1.70. The number of hydrogen-bond donors (Lipinski definition) is 1. The molecule has 120 valence electrons. The largest absolute Gasteiger partial charge is 0.482 e. The van der Waals surface area contributed by atoms with Gasteiger partial charge in [-0.1, -0.05) is 31.0 Å². The molecule has 0 amide bonds. The van der Waals surface area contributed by atoms with Crippen molar-refractivity contribution in [3.8, 4) is 5.75 Å². The first kappa shape index (κ1) is 15.3. The zero-order valence-corrected chi connectivity index (χ0v) is 12.7. The van der Waals surface area contributed by atoms with Crippen LogP contribution in [0.5, 0.6) is 5.75 Å². The molecular weight excluding hydrogens is 282 g/mol. The number of aliphatic carboxylic acids is 1. The summed E-state index contributed by atoms with van der Waals surface area (Å²) in [7, 11) is 0. The number of carboxylic acid groups (broad SMARTS) is 1. The maximum Gasteiger partial charge on any atom is 0.341 e. The van der Waals surface area contributed by atoms with Gasteiger partial charge in [0.2, 0.25) is 0 Å². The van der Waals surface area contributed by atoms with Gasteiger partial charge in [-0.2, -0.15) is 0 Å². The van der Waals surface area contributed by atoms with Gasteiger partial charge in [0.25, 0.3) is 0 Å². The number of nitrogens with zero attached hydrogens (tertiary/aromatic N) is 1. The van der Waals surface area contributed by atoms with Gasteiger partial charge in [-0.15, -0.1) is 0 Å². The second kappa shape index (κ2) is 7.11. The van der Waals surface area contributed by atoms with Gasteiger partial charge in [0.1, 0.15) is 5.75 Å². The van der Waals surface area contributed by atoms with Gasteiger partial charge in [-0.3, -0.25) is 4.90 Å². The number of ether oxygens (including phenoxy) is 2. The fourth-order valence-electron chi connectivity index (χ4n) is 3.51. The maximum atomic E-state index is 10.7. The fourth-order valence-corrected chi connectivity index (χ4v) is 3.51. The van der Waals surface area contributed by atoms with E-state index >= 15 is 0 Å². The molecule has 0 spiro atoms. The molecule has 2 aliphatic rings. The van der Waals surface area contributed by atoms with Crippen LogP contribution in [0.15, 0.2) is 24.3 Å². The van der Waals surface area contributed by atoms with Crippen LogP contribution in [0.4, 0.5) is 0 Å². The van der Waals surface area contributed by atoms with Crippen molar-refractivity contribution in [3.05, 3.63) is 29.8 Å². The van der Waals surface area contributed by atoms with E-state index in [1.807, 2.05) is 24.3 Å². The van der Waals surface area contributed by atoms with Crippen LogP contribution < -0.4 is 4.74 Å². The van der Waals surface area contributed by atoms with Crippen LogP contribution >= 0.6 is 0 Å². The molecule has 1 aliphatic carbocycles. The Morgan fingerprint density at radius 1 is 1.32 bits per heavy atom. The summed E-state index contributed by atoms with van der Waals surface area (Å²) in [6.07, 6.45) is 5.21. The summed E-state index contributed by atoms with van der Waals surface area (Å²) < 4.78 is 11.3. The lowest BCUT2D eigenvalue weighted by Gasteiger charge is -2.44. The van der Waals surface area contributed by atoms with Gasteiger partial charge in [-0.05, 0) is 18.9 Å². The van der Waals surface area contributed by atoms with E-state index in [9.17, 15) is 4.79 Å². The molecule has 0 unspecified atom stereocenters. The molecule has 1 saturated carbocycles. The van der Waals surface area contributed by atoms with E-state index in [0.29, 0.717) is 17.9 Å². The van der Waals surface area contributed by atoms with Crippen LogP contribution in [0.3, 0.4) is 0 Å². The molecule has 22 heavy (non-hydrogen) atoms. The number of fused-ring (bicyclic) bond motifs is 1. The molecule has 2 atom stereocenters. The molecule has 0 aromatic heterocycles. The topological polar surface area (TPSA) is 59.0 Å². The van der Waals surface area contributed by atoms with Gasteiger partial charge in [0.05, 0.1) is 12.7 Å². The first-order valence-electron chi connectivity index (χ1n) is 8.02. The van der Waals surface area contributed by atoms with E-state index in [1.165, 1.54) is 19.3 Å². The minimum atomic E-state index is -0.950. The van der Waals surface area contributed by atoms with Gasteiger partial charge >= 0.3 is 5.97 Å². The highest BCUT2D eigenvalue weighted by molar-refractivity contribution is 5.68. The third-order valence-electron chi connectivity index (χ3n) is 4.54. The molecule has 0 radical (unpaired) electrons. The highest BCUT2D eigenvalue weighted by Gasteiger charge is 2.34. The molecule has 1 aliphatic heterocycles. The highest BCUT2D eigenvalue weighted by atomic mass is 16.5. The minimum absolute atomic E-state index is 0.299. The first-order valence-corrected chi connectivity index (χ1v) is 8.02. The monoisotopic (exact) mass is 305 g/mol. The lowest BCUT2D eigenvalue weighted by molar-refractivity contribution is -0.139. The van der Waals surface area contributed by atoms with Gasteiger partial charge in [0, 0.05) is 24.7 Å². The highest BCUT2D eigenvalue weighted by Crippen LogP contribution is 2.30. The maximum absolute atomic E-state index is 10.7. The fraction of sp³-hybridized carbons (Fsp3) is 0.588. The minimum Gasteiger partial charge on any atom is -0.482 e. The number of hydrogen-bond acceptors (Lipinski definition) is 4. The lowest BCUT2D eigenvalue weighted by atomic mass is 9.90. The SMILES string of the molecule is O=C(O)COc1ccccc1CN1CCO[C@@H]2CCCC[C@H]21. The van der Waals surface area contributed by atoms with Gasteiger partial charge in [0.15, 0.2) is 6.61 Å². The molecule has 1 saturated heterocycles. The van der Waals surface area contributed by atoms with Gasteiger partial charge in [-0.25, -0.2) is 4.79 Å². The Morgan fingerprint density at radius 2 is 2.14 bits per heavy atom. The van der Waals surface area contributed by atoms with Gasteiger partial charge < -0.3 is 14.6 Å². The van der Waals surface area contributed by atoms with E-state index in [2.05, 4.69) is 4.90 Å². The second-order valence-corrected chi connectivity index (χ2v) is 6.02. The lowest BCUT2D eigenvalue weighted by Crippen LogP contribution is -2.52. The molecule has 1 N–H and O–H groups in total. The zero-order valence-electron chi connectivity index (χ0n) is 12.7. The Hall–Kier alpha value is -1.59. The van der Waals surface area contributed by atoms with Crippen LogP contribution in [0.25, 0.3) is 0 Å². The molecule has 3 rings (SSSR count). The molecule has 5 nitrogen and oxygen atoms in total. The smallest absolute Gasteiger partial charge is 0.341 e. The van der Waals surface area contributed by atoms with Crippen molar-refractivity contribution in [2.75, 3.05) is 19.8 Å². The van der Waals surface area contributed by atoms with E-state index in [1.54, 1.807) is 0 Å². The van der Waals surface area contributed by atoms with Crippen molar-refractivity contribution in [2.45, 2.75) is 44.4 Å². The number of para-hydroxylation sites is 1. The Bertz CT molecular complexity index is 517. The molecule has 1 aromatic carbocycles. The third kappa shape index (κ3) is 3.59. The van der Waals surface area contributed by atoms with E-state index in [0.717, 1.165) is 31.7 Å². The first-order chi connectivity index (χ1) is 10.7. The number of benzene rings is 1. The third-order valence-corrected chi connectivity index (χ3v) is 4.54. The Morgan fingerprint density at radius 3 is 3.00 bits per heavy atom. The Labute approximate surface area is 130 Å². The van der Waals surface area contributed by atoms with Crippen molar-refractivity contribution in [3.63, 3.8) is 0 Å². The van der Waals surface area contributed by atoms with E-state index in [-0.39, 0.29) is 6.61 Å². The van der Waals surface area contributed by atoms with Crippen LogP contribution in [0.2, 0.25) is 0 Å². The second-order valence-electron chi connectivity index (χ2n) is 6.02. The number of carboxylic acids is 1. The van der Waals surface area contributed by atoms with Crippen molar-refractivity contribution in [2.24, 2.45) is 0 Å². The number of rotatable bonds is 5. The molecule has 1 heterocycles. The van der Waals surface area contributed by atoms with Crippen molar-refractivity contribution in [1.29, 1.82) is 0 Å². The van der Waals surface area contributed by atoms with Crippen LogP contribution in [0, 0.1) is 0 Å². The summed E-state index contributed by atoms with van der Waals surface area (Å²) >= 11 is 0. The molecular formula is C17H23NO4. The number of morpholine rings is 1. The number of carbonyl (C=O) groups is 1. The predicted octanol–water partition coefficient (Wildman–Crippen LogP) is 2.29. The predicted molar refractivity (Wildman–Crippen MR) is 82.0 cm³/mol. The van der Waals surface area contributed by atoms with E-state index in [4.69, 9.17) is 14.6 Å². The van der Waals surface area contributed by atoms with Crippen molar-refractivity contribution >= 4 is 5.97 Å². The zero-order chi connectivity index (χ0) is 15.4. The average molecular weight is 305 g/mol. The van der Waals surface area contributed by atoms with E-state index < -0.39 is 5.97 Å². The summed E-state index contributed by atoms with van der Waals surface area (Å²) in [6.45, 7) is 2.19. The standard InChI is InChI=1S/C17H23NO4/c19-17(20)12-22-15-7-3-1-5-13(15)11-18-9-10-21-16-8-4-2-6-14(16)18/h1,3,5,7,14,16H,2,4,6,8-12H2,(H,19,20)/t14-,16-/m1/s1. The molecule has 5 heteroatoms. The van der Waals surface area contributed by atoms with Crippen LogP contribution in [-0.2, 0) is 16.1 Å². The van der Waals surface area contributed by atoms with Crippen LogP contribution in [0.1, 0.15) is 31.2 Å². The molecule has 1 aromatic rings. The summed E-state index contributed by atoms with van der Waals surface area (Å²) in [5, 5.41) is 8.79. The molecule has 0 bridgehead atoms. The summed E-state index contributed by atoms with van der Waals surface area (Å²) in [6, 6.07) is 8.20. The normalized spacial score (nSPS) is 25.5. The quantitative estimate of drug-likeness (QED) is 0.904.